The lowest BCUT2D eigenvalue weighted by atomic mass is 9.99. The Morgan fingerprint density at radius 1 is 1.17 bits per heavy atom. The van der Waals surface area contributed by atoms with Crippen LogP contribution in [-0.4, -0.2) is 56.8 Å². The highest BCUT2D eigenvalue weighted by atomic mass is 79.9. The van der Waals surface area contributed by atoms with E-state index in [-0.39, 0.29) is 23.3 Å². The van der Waals surface area contributed by atoms with Gasteiger partial charge in [0, 0.05) is 37.2 Å². The summed E-state index contributed by atoms with van der Waals surface area (Å²) in [6.07, 6.45) is 1.39. The van der Waals surface area contributed by atoms with E-state index in [1.54, 1.807) is 24.3 Å². The molecule has 1 heterocycles. The molecule has 2 aromatic carbocycles. The van der Waals surface area contributed by atoms with E-state index in [4.69, 9.17) is 0 Å². The molecule has 1 saturated heterocycles. The smallest absolute Gasteiger partial charge is 0.243 e. The van der Waals surface area contributed by atoms with Crippen molar-refractivity contribution < 1.29 is 13.2 Å². The standard InChI is InChI=1S/C22H28BrN3O3S/c1-25(16-18-6-3-2-4-7-18)15-13-24-22(27)19-8-5-14-26(17-19)30(28,29)21-11-9-20(23)10-12-21/h2-4,6-7,9-12,19H,5,8,13-17H2,1H3,(H,24,27). The fraction of sp³-hybridized carbons (Fsp3) is 0.409. The molecule has 3 rings (SSSR count). The Hall–Kier alpha value is -1.74. The normalized spacial score (nSPS) is 17.8. The van der Waals surface area contributed by atoms with Crippen LogP contribution in [0.3, 0.4) is 0 Å². The second-order valence-electron chi connectivity index (χ2n) is 7.67. The van der Waals surface area contributed by atoms with Crippen molar-refractivity contribution in [2.24, 2.45) is 5.92 Å². The van der Waals surface area contributed by atoms with Gasteiger partial charge in [0.2, 0.25) is 15.9 Å². The Balaban J connectivity index is 1.50. The predicted octanol–water partition coefficient (Wildman–Crippen LogP) is 3.10. The molecule has 0 spiro atoms. The number of likely N-dealkylation sites (N-methyl/N-ethyl adjacent to an activating group) is 1. The van der Waals surface area contributed by atoms with Gasteiger partial charge < -0.3 is 10.2 Å². The van der Waals surface area contributed by atoms with E-state index in [0.29, 0.717) is 25.9 Å². The first-order valence-corrected chi connectivity index (χ1v) is 12.4. The third-order valence-electron chi connectivity index (χ3n) is 5.29. The molecule has 0 saturated carbocycles. The zero-order chi connectivity index (χ0) is 21.6. The predicted molar refractivity (Wildman–Crippen MR) is 121 cm³/mol. The molecule has 1 atom stereocenters. The van der Waals surface area contributed by atoms with Crippen molar-refractivity contribution in [1.29, 1.82) is 0 Å². The highest BCUT2D eigenvalue weighted by Crippen LogP contribution is 2.25. The maximum Gasteiger partial charge on any atom is 0.243 e. The average Bonchev–Trinajstić information content (AvgIpc) is 2.75. The van der Waals surface area contributed by atoms with Crippen LogP contribution in [0.25, 0.3) is 0 Å². The first-order valence-electron chi connectivity index (χ1n) is 10.1. The zero-order valence-electron chi connectivity index (χ0n) is 17.1. The quantitative estimate of drug-likeness (QED) is 0.613. The van der Waals surface area contributed by atoms with Crippen molar-refractivity contribution in [2.45, 2.75) is 24.3 Å². The molecule has 162 valence electrons. The van der Waals surface area contributed by atoms with Crippen LogP contribution in [0.5, 0.6) is 0 Å². The molecule has 2 aromatic rings. The summed E-state index contributed by atoms with van der Waals surface area (Å²) in [6, 6.07) is 16.8. The Morgan fingerprint density at radius 3 is 2.57 bits per heavy atom. The zero-order valence-corrected chi connectivity index (χ0v) is 19.5. The van der Waals surface area contributed by atoms with Crippen molar-refractivity contribution in [3.05, 3.63) is 64.6 Å². The van der Waals surface area contributed by atoms with Crippen LogP contribution in [0, 0.1) is 5.92 Å². The number of carbonyl (C=O) groups excluding carboxylic acids is 1. The van der Waals surface area contributed by atoms with Crippen molar-refractivity contribution >= 4 is 31.9 Å². The average molecular weight is 494 g/mol. The van der Waals surface area contributed by atoms with Gasteiger partial charge in [-0.05, 0) is 49.7 Å². The number of rotatable bonds is 8. The minimum atomic E-state index is -3.59. The summed E-state index contributed by atoms with van der Waals surface area (Å²) in [5.74, 6) is -0.387. The number of nitrogens with zero attached hydrogens (tertiary/aromatic N) is 2. The van der Waals surface area contributed by atoms with Gasteiger partial charge in [-0.1, -0.05) is 46.3 Å². The number of carbonyl (C=O) groups is 1. The second kappa shape index (κ2) is 10.5. The maximum absolute atomic E-state index is 12.9. The first-order chi connectivity index (χ1) is 14.4. The molecule has 1 N–H and O–H groups in total. The third kappa shape index (κ3) is 6.14. The van der Waals surface area contributed by atoms with E-state index in [1.807, 2.05) is 25.2 Å². The molecule has 0 aliphatic carbocycles. The van der Waals surface area contributed by atoms with Crippen molar-refractivity contribution in [2.75, 3.05) is 33.2 Å². The molecule has 1 unspecified atom stereocenters. The Bertz CT molecular complexity index is 936. The second-order valence-corrected chi connectivity index (χ2v) is 10.5. The number of hydrogen-bond donors (Lipinski definition) is 1. The lowest BCUT2D eigenvalue weighted by Crippen LogP contribution is -2.46. The van der Waals surface area contributed by atoms with Crippen LogP contribution < -0.4 is 5.32 Å². The van der Waals surface area contributed by atoms with Gasteiger partial charge in [0.1, 0.15) is 0 Å². The van der Waals surface area contributed by atoms with Crippen LogP contribution in [0.1, 0.15) is 18.4 Å². The van der Waals surface area contributed by atoms with Gasteiger partial charge in [-0.2, -0.15) is 4.31 Å². The van der Waals surface area contributed by atoms with Crippen molar-refractivity contribution in [1.82, 2.24) is 14.5 Å². The lowest BCUT2D eigenvalue weighted by Gasteiger charge is -2.31. The molecule has 30 heavy (non-hydrogen) atoms. The topological polar surface area (TPSA) is 69.7 Å². The van der Waals surface area contributed by atoms with E-state index in [0.717, 1.165) is 17.6 Å². The number of piperidine rings is 1. The highest BCUT2D eigenvalue weighted by molar-refractivity contribution is 9.10. The molecular formula is C22H28BrN3O3S. The van der Waals surface area contributed by atoms with E-state index >= 15 is 0 Å². The number of hydrogen-bond acceptors (Lipinski definition) is 4. The molecule has 1 aliphatic rings. The van der Waals surface area contributed by atoms with Gasteiger partial charge in [-0.25, -0.2) is 8.42 Å². The number of halogens is 1. The summed E-state index contributed by atoms with van der Waals surface area (Å²) in [5.41, 5.74) is 1.23. The van der Waals surface area contributed by atoms with E-state index in [2.05, 4.69) is 38.3 Å². The van der Waals surface area contributed by atoms with Gasteiger partial charge >= 0.3 is 0 Å². The fourth-order valence-corrected chi connectivity index (χ4v) is 5.41. The summed E-state index contributed by atoms with van der Waals surface area (Å²) in [4.78, 5) is 15.0. The minimum Gasteiger partial charge on any atom is -0.355 e. The van der Waals surface area contributed by atoms with Crippen LogP contribution in [0.4, 0.5) is 0 Å². The van der Waals surface area contributed by atoms with E-state index < -0.39 is 10.0 Å². The molecule has 1 fully saturated rings. The minimum absolute atomic E-state index is 0.0705. The SMILES string of the molecule is CN(CCNC(=O)C1CCCN(S(=O)(=O)c2ccc(Br)cc2)C1)Cc1ccccc1. The first kappa shape index (κ1) is 22.9. The largest absolute Gasteiger partial charge is 0.355 e. The Labute approximate surface area is 187 Å². The van der Waals surface area contributed by atoms with Gasteiger partial charge in [-0.15, -0.1) is 0 Å². The third-order valence-corrected chi connectivity index (χ3v) is 7.70. The molecular weight excluding hydrogens is 466 g/mol. The maximum atomic E-state index is 12.9. The van der Waals surface area contributed by atoms with Gasteiger partial charge in [0.15, 0.2) is 0 Å². The summed E-state index contributed by atoms with van der Waals surface area (Å²) in [5, 5.41) is 2.98. The molecule has 1 aliphatic heterocycles. The highest BCUT2D eigenvalue weighted by Gasteiger charge is 2.33. The Kier molecular flexibility index (Phi) is 8.05. The number of sulfonamides is 1. The van der Waals surface area contributed by atoms with E-state index in [9.17, 15) is 13.2 Å². The molecule has 8 heteroatoms. The van der Waals surface area contributed by atoms with Crippen LogP contribution in [-0.2, 0) is 21.4 Å². The summed E-state index contributed by atoms with van der Waals surface area (Å²) in [7, 11) is -1.57. The van der Waals surface area contributed by atoms with Crippen molar-refractivity contribution in [3.8, 4) is 0 Å². The Morgan fingerprint density at radius 2 is 1.87 bits per heavy atom. The molecule has 6 nitrogen and oxygen atoms in total. The van der Waals surface area contributed by atoms with Gasteiger partial charge in [0.05, 0.1) is 10.8 Å². The fourth-order valence-electron chi connectivity index (χ4n) is 3.62. The van der Waals surface area contributed by atoms with Crippen molar-refractivity contribution in [3.63, 3.8) is 0 Å². The number of nitrogens with one attached hydrogen (secondary N) is 1. The number of amides is 1. The lowest BCUT2D eigenvalue weighted by molar-refractivity contribution is -0.126. The van der Waals surface area contributed by atoms with Gasteiger partial charge in [-0.3, -0.25) is 4.79 Å². The summed E-state index contributed by atoms with van der Waals surface area (Å²) in [6.45, 7) is 2.76. The van der Waals surface area contributed by atoms with Crippen LogP contribution in [0.2, 0.25) is 0 Å². The van der Waals surface area contributed by atoms with E-state index in [1.165, 1.54) is 9.87 Å². The van der Waals surface area contributed by atoms with Crippen LogP contribution in [0.15, 0.2) is 64.0 Å². The summed E-state index contributed by atoms with van der Waals surface area (Å²) < 4.78 is 28.1. The van der Waals surface area contributed by atoms with Crippen LogP contribution >= 0.6 is 15.9 Å². The van der Waals surface area contributed by atoms with Gasteiger partial charge in [0.25, 0.3) is 0 Å². The number of benzene rings is 2. The molecule has 1 amide bonds. The molecule has 0 aromatic heterocycles. The summed E-state index contributed by atoms with van der Waals surface area (Å²) >= 11 is 3.32. The molecule has 0 bridgehead atoms. The molecule has 0 radical (unpaired) electrons. The monoisotopic (exact) mass is 493 g/mol.